The minimum absolute atomic E-state index is 0.170. The van der Waals surface area contributed by atoms with Crippen LogP contribution in [0.25, 0.3) is 0 Å². The molecule has 4 N–H and O–H groups in total. The molecule has 0 saturated heterocycles. The fourth-order valence-corrected chi connectivity index (χ4v) is 1.45. The van der Waals surface area contributed by atoms with Gasteiger partial charge in [-0.3, -0.25) is 9.59 Å². The molecule has 0 radical (unpaired) electrons. The molecule has 90 valence electrons. The Morgan fingerprint density at radius 1 is 1.29 bits per heavy atom. The van der Waals surface area contributed by atoms with Crippen molar-refractivity contribution in [2.45, 2.75) is 25.8 Å². The normalized spacial score (nSPS) is 14.2. The molecule has 0 unspecified atom stereocenters. The molecule has 1 aliphatic carbocycles. The first-order valence-electron chi connectivity index (χ1n) is 5.54. The van der Waals surface area contributed by atoms with E-state index in [1.165, 1.54) is 0 Å². The summed E-state index contributed by atoms with van der Waals surface area (Å²) in [6.07, 6.45) is 1.90. The van der Waals surface area contributed by atoms with Crippen LogP contribution in [0.15, 0.2) is 18.2 Å². The van der Waals surface area contributed by atoms with Gasteiger partial charge in [-0.1, -0.05) is 6.07 Å². The lowest BCUT2D eigenvalue weighted by molar-refractivity contribution is -0.136. The standard InChI is InChI=1S/C12H15N3O2/c1-7-2-5-10(9(13)6-7)15-12(17)11(16)14-8-3-4-8/h2,5-6,8H,3-4,13H2,1H3,(H,14,16)(H,15,17). The fourth-order valence-electron chi connectivity index (χ4n) is 1.45. The van der Waals surface area contributed by atoms with Gasteiger partial charge in [-0.05, 0) is 37.5 Å². The average Bonchev–Trinajstić information content (AvgIpc) is 3.06. The Kier molecular flexibility index (Phi) is 2.99. The highest BCUT2D eigenvalue weighted by atomic mass is 16.2. The van der Waals surface area contributed by atoms with Gasteiger partial charge in [0.05, 0.1) is 11.4 Å². The number of carbonyl (C=O) groups excluding carboxylic acids is 2. The smallest absolute Gasteiger partial charge is 0.313 e. The highest BCUT2D eigenvalue weighted by molar-refractivity contribution is 6.40. The average molecular weight is 233 g/mol. The predicted octanol–water partition coefficient (Wildman–Crippen LogP) is 0.794. The number of carbonyl (C=O) groups is 2. The van der Waals surface area contributed by atoms with Crippen LogP contribution < -0.4 is 16.4 Å². The molecule has 2 rings (SSSR count). The van der Waals surface area contributed by atoms with Crippen molar-refractivity contribution in [3.05, 3.63) is 23.8 Å². The van der Waals surface area contributed by atoms with Crippen molar-refractivity contribution in [3.8, 4) is 0 Å². The first-order chi connectivity index (χ1) is 8.06. The van der Waals surface area contributed by atoms with Gasteiger partial charge in [-0.15, -0.1) is 0 Å². The Bertz CT molecular complexity index is 467. The summed E-state index contributed by atoms with van der Waals surface area (Å²) in [4.78, 5) is 22.9. The monoisotopic (exact) mass is 233 g/mol. The molecule has 0 heterocycles. The molecule has 2 amide bonds. The van der Waals surface area contributed by atoms with E-state index in [1.807, 2.05) is 13.0 Å². The number of nitrogens with one attached hydrogen (secondary N) is 2. The molecule has 1 aromatic carbocycles. The fraction of sp³-hybridized carbons (Fsp3) is 0.333. The lowest BCUT2D eigenvalue weighted by Gasteiger charge is -2.08. The minimum Gasteiger partial charge on any atom is -0.397 e. The number of aryl methyl sites for hydroxylation is 1. The zero-order valence-electron chi connectivity index (χ0n) is 9.62. The molecule has 5 heteroatoms. The first kappa shape index (κ1) is 11.4. The maximum Gasteiger partial charge on any atom is 0.313 e. The summed E-state index contributed by atoms with van der Waals surface area (Å²) < 4.78 is 0. The van der Waals surface area contributed by atoms with E-state index in [0.717, 1.165) is 18.4 Å². The minimum atomic E-state index is -0.674. The van der Waals surface area contributed by atoms with Crippen LogP contribution in [0.4, 0.5) is 11.4 Å². The highest BCUT2D eigenvalue weighted by Crippen LogP contribution is 2.20. The number of nitrogens with two attached hydrogens (primary N) is 1. The zero-order valence-corrected chi connectivity index (χ0v) is 9.62. The van der Waals surface area contributed by atoms with Gasteiger partial charge < -0.3 is 16.4 Å². The van der Waals surface area contributed by atoms with Gasteiger partial charge >= 0.3 is 11.8 Å². The Hall–Kier alpha value is -2.04. The van der Waals surface area contributed by atoms with Crippen LogP contribution in [-0.4, -0.2) is 17.9 Å². The van der Waals surface area contributed by atoms with E-state index in [1.54, 1.807) is 12.1 Å². The molecular weight excluding hydrogens is 218 g/mol. The summed E-state index contributed by atoms with van der Waals surface area (Å²) in [6.45, 7) is 1.90. The quantitative estimate of drug-likeness (QED) is 0.521. The van der Waals surface area contributed by atoms with Crippen molar-refractivity contribution in [1.82, 2.24) is 5.32 Å². The molecular formula is C12H15N3O2. The van der Waals surface area contributed by atoms with E-state index in [9.17, 15) is 9.59 Å². The van der Waals surface area contributed by atoms with Gasteiger partial charge in [0.2, 0.25) is 0 Å². The molecule has 1 saturated carbocycles. The van der Waals surface area contributed by atoms with Gasteiger partial charge in [0, 0.05) is 6.04 Å². The summed E-state index contributed by atoms with van der Waals surface area (Å²) in [5.74, 6) is -1.28. The van der Waals surface area contributed by atoms with Crippen molar-refractivity contribution in [2.75, 3.05) is 11.1 Å². The number of hydrogen-bond acceptors (Lipinski definition) is 3. The van der Waals surface area contributed by atoms with E-state index in [2.05, 4.69) is 10.6 Å². The van der Waals surface area contributed by atoms with Crippen molar-refractivity contribution in [1.29, 1.82) is 0 Å². The summed E-state index contributed by atoms with van der Waals surface area (Å²) in [6, 6.07) is 5.43. The van der Waals surface area contributed by atoms with E-state index < -0.39 is 11.8 Å². The van der Waals surface area contributed by atoms with Crippen molar-refractivity contribution in [2.24, 2.45) is 0 Å². The number of anilines is 2. The van der Waals surface area contributed by atoms with E-state index in [4.69, 9.17) is 5.73 Å². The lowest BCUT2D eigenvalue weighted by Crippen LogP contribution is -2.36. The number of amides is 2. The van der Waals surface area contributed by atoms with E-state index in [0.29, 0.717) is 11.4 Å². The Balaban J connectivity index is 1.99. The predicted molar refractivity (Wildman–Crippen MR) is 65.4 cm³/mol. The van der Waals surface area contributed by atoms with Crippen LogP contribution in [0, 0.1) is 6.92 Å². The van der Waals surface area contributed by atoms with Crippen LogP contribution in [0.3, 0.4) is 0 Å². The molecule has 0 atom stereocenters. The topological polar surface area (TPSA) is 84.2 Å². The van der Waals surface area contributed by atoms with Gasteiger partial charge in [0.15, 0.2) is 0 Å². The SMILES string of the molecule is Cc1ccc(NC(=O)C(=O)NC2CC2)c(N)c1. The Labute approximate surface area is 99.4 Å². The lowest BCUT2D eigenvalue weighted by atomic mass is 10.2. The molecule has 5 nitrogen and oxygen atoms in total. The highest BCUT2D eigenvalue weighted by Gasteiger charge is 2.26. The first-order valence-corrected chi connectivity index (χ1v) is 5.54. The Morgan fingerprint density at radius 3 is 2.59 bits per heavy atom. The van der Waals surface area contributed by atoms with E-state index >= 15 is 0 Å². The number of benzene rings is 1. The second-order valence-corrected chi connectivity index (χ2v) is 4.29. The maximum atomic E-state index is 11.5. The third kappa shape index (κ3) is 2.96. The summed E-state index contributed by atoms with van der Waals surface area (Å²) in [5.41, 5.74) is 7.66. The van der Waals surface area contributed by atoms with Crippen LogP contribution in [0.2, 0.25) is 0 Å². The largest absolute Gasteiger partial charge is 0.397 e. The maximum absolute atomic E-state index is 11.5. The molecule has 0 bridgehead atoms. The van der Waals surface area contributed by atoms with Gasteiger partial charge in [0.1, 0.15) is 0 Å². The van der Waals surface area contributed by atoms with Crippen LogP contribution in [-0.2, 0) is 9.59 Å². The molecule has 17 heavy (non-hydrogen) atoms. The molecule has 1 fully saturated rings. The van der Waals surface area contributed by atoms with Crippen molar-refractivity contribution < 1.29 is 9.59 Å². The summed E-state index contributed by atoms with van der Waals surface area (Å²) in [7, 11) is 0. The van der Waals surface area contributed by atoms with E-state index in [-0.39, 0.29) is 6.04 Å². The molecule has 0 aliphatic heterocycles. The van der Waals surface area contributed by atoms with Crippen LogP contribution >= 0.6 is 0 Å². The van der Waals surface area contributed by atoms with Gasteiger partial charge in [-0.25, -0.2) is 0 Å². The molecule has 0 spiro atoms. The molecule has 1 aromatic rings. The van der Waals surface area contributed by atoms with Gasteiger partial charge in [0.25, 0.3) is 0 Å². The Morgan fingerprint density at radius 2 is 2.00 bits per heavy atom. The number of rotatable bonds is 2. The molecule has 1 aliphatic rings. The number of nitrogen functional groups attached to an aromatic ring is 1. The zero-order chi connectivity index (χ0) is 12.4. The third-order valence-corrected chi connectivity index (χ3v) is 2.57. The van der Waals surface area contributed by atoms with Crippen LogP contribution in [0.5, 0.6) is 0 Å². The summed E-state index contributed by atoms with van der Waals surface area (Å²) in [5, 5.41) is 5.11. The van der Waals surface area contributed by atoms with Crippen LogP contribution in [0.1, 0.15) is 18.4 Å². The number of hydrogen-bond donors (Lipinski definition) is 3. The van der Waals surface area contributed by atoms with Gasteiger partial charge in [-0.2, -0.15) is 0 Å². The van der Waals surface area contributed by atoms with Crippen molar-refractivity contribution in [3.63, 3.8) is 0 Å². The second-order valence-electron chi connectivity index (χ2n) is 4.29. The molecule has 0 aromatic heterocycles. The van der Waals surface area contributed by atoms with Crippen molar-refractivity contribution >= 4 is 23.2 Å². The summed E-state index contributed by atoms with van der Waals surface area (Å²) >= 11 is 0. The third-order valence-electron chi connectivity index (χ3n) is 2.57. The second kappa shape index (κ2) is 4.45.